The van der Waals surface area contributed by atoms with Gasteiger partial charge in [0, 0.05) is 24.7 Å². The summed E-state index contributed by atoms with van der Waals surface area (Å²) in [4.78, 5) is 14.9. The molecule has 1 amide bonds. The average Bonchev–Trinajstić information content (AvgIpc) is 3.35. The van der Waals surface area contributed by atoms with Crippen molar-refractivity contribution in [3.63, 3.8) is 0 Å². The number of thioether (sulfide) groups is 1. The van der Waals surface area contributed by atoms with Gasteiger partial charge in [0.1, 0.15) is 0 Å². The number of nitrogens with zero attached hydrogens (tertiary/aromatic N) is 4. The van der Waals surface area contributed by atoms with Crippen LogP contribution in [-0.4, -0.2) is 44.4 Å². The Balaban J connectivity index is 1.54. The maximum absolute atomic E-state index is 12.9. The van der Waals surface area contributed by atoms with Gasteiger partial charge >= 0.3 is 0 Å². The largest absolute Gasteiger partial charge is 0.341 e. The minimum atomic E-state index is 0.202. The van der Waals surface area contributed by atoms with E-state index in [1.807, 2.05) is 29.2 Å². The lowest BCUT2D eigenvalue weighted by molar-refractivity contribution is -0.130. The summed E-state index contributed by atoms with van der Waals surface area (Å²) in [6.45, 7) is 6.19. The minimum absolute atomic E-state index is 0.202. The van der Waals surface area contributed by atoms with Crippen LogP contribution in [-0.2, 0) is 4.79 Å². The Morgan fingerprint density at radius 2 is 1.83 bits per heavy atom. The SMILES string of the molecule is C[C@@H]1C[C@H](C)CN(C(=O)CSc2nnc(-c3ccccc3Cl)n2C2CCCC2)C1. The van der Waals surface area contributed by atoms with E-state index in [4.69, 9.17) is 11.6 Å². The van der Waals surface area contributed by atoms with Crippen LogP contribution in [0.1, 0.15) is 52.0 Å². The van der Waals surface area contributed by atoms with Crippen LogP contribution in [0.25, 0.3) is 11.4 Å². The fourth-order valence-electron chi connectivity index (χ4n) is 4.78. The summed E-state index contributed by atoms with van der Waals surface area (Å²) in [6.07, 6.45) is 5.89. The normalized spacial score (nSPS) is 22.9. The molecular formula is C22H29ClN4OS. The first-order valence-corrected chi connectivity index (χ1v) is 12.0. The van der Waals surface area contributed by atoms with Crippen molar-refractivity contribution in [1.29, 1.82) is 0 Å². The number of benzene rings is 1. The van der Waals surface area contributed by atoms with E-state index in [1.165, 1.54) is 31.0 Å². The van der Waals surface area contributed by atoms with Gasteiger partial charge in [-0.15, -0.1) is 10.2 Å². The van der Waals surface area contributed by atoms with Crippen LogP contribution in [0.3, 0.4) is 0 Å². The van der Waals surface area contributed by atoms with E-state index in [1.54, 1.807) is 0 Å². The van der Waals surface area contributed by atoms with Gasteiger partial charge in [-0.25, -0.2) is 0 Å². The number of aromatic nitrogens is 3. The number of carbonyl (C=O) groups is 1. The summed E-state index contributed by atoms with van der Waals surface area (Å²) < 4.78 is 2.23. The molecule has 0 spiro atoms. The molecule has 0 radical (unpaired) electrons. The highest BCUT2D eigenvalue weighted by molar-refractivity contribution is 7.99. The molecule has 29 heavy (non-hydrogen) atoms. The van der Waals surface area contributed by atoms with Crippen molar-refractivity contribution in [1.82, 2.24) is 19.7 Å². The van der Waals surface area contributed by atoms with Crippen LogP contribution < -0.4 is 0 Å². The van der Waals surface area contributed by atoms with Crippen molar-refractivity contribution in [2.75, 3.05) is 18.8 Å². The number of hydrogen-bond donors (Lipinski definition) is 0. The fourth-order valence-corrected chi connectivity index (χ4v) is 5.91. The van der Waals surface area contributed by atoms with Crippen LogP contribution in [0.2, 0.25) is 5.02 Å². The van der Waals surface area contributed by atoms with Crippen molar-refractivity contribution in [2.45, 2.75) is 57.1 Å². The molecule has 5 nitrogen and oxygen atoms in total. The maximum Gasteiger partial charge on any atom is 0.233 e. The second-order valence-electron chi connectivity index (χ2n) is 8.63. The zero-order chi connectivity index (χ0) is 20.4. The quantitative estimate of drug-likeness (QED) is 0.600. The summed E-state index contributed by atoms with van der Waals surface area (Å²) >= 11 is 7.97. The molecule has 2 fully saturated rings. The minimum Gasteiger partial charge on any atom is -0.341 e. The van der Waals surface area contributed by atoms with E-state index in [-0.39, 0.29) is 5.91 Å². The first kappa shape index (κ1) is 20.7. The average molecular weight is 433 g/mol. The van der Waals surface area contributed by atoms with Gasteiger partial charge in [-0.05, 0) is 43.2 Å². The Hall–Kier alpha value is -1.53. The lowest BCUT2D eigenvalue weighted by atomic mass is 9.92. The van der Waals surface area contributed by atoms with Crippen molar-refractivity contribution >= 4 is 29.3 Å². The predicted molar refractivity (Wildman–Crippen MR) is 118 cm³/mol. The summed E-state index contributed by atoms with van der Waals surface area (Å²) in [5.41, 5.74) is 0.908. The first-order valence-electron chi connectivity index (χ1n) is 10.6. The predicted octanol–water partition coefficient (Wildman–Crippen LogP) is 5.31. The van der Waals surface area contributed by atoms with Crippen molar-refractivity contribution in [3.8, 4) is 11.4 Å². The molecule has 1 aromatic carbocycles. The van der Waals surface area contributed by atoms with Gasteiger partial charge in [0.15, 0.2) is 11.0 Å². The molecule has 2 heterocycles. The highest BCUT2D eigenvalue weighted by Crippen LogP contribution is 2.38. The van der Waals surface area contributed by atoms with Gasteiger partial charge in [0.05, 0.1) is 10.8 Å². The Morgan fingerprint density at radius 3 is 2.52 bits per heavy atom. The van der Waals surface area contributed by atoms with E-state index in [0.717, 1.165) is 42.5 Å². The summed E-state index contributed by atoms with van der Waals surface area (Å²) in [5.74, 6) is 2.57. The van der Waals surface area contributed by atoms with Gasteiger partial charge in [-0.1, -0.05) is 62.2 Å². The Bertz CT molecular complexity index is 854. The molecule has 2 atom stereocenters. The molecule has 4 rings (SSSR count). The van der Waals surface area contributed by atoms with E-state index in [2.05, 4.69) is 28.6 Å². The Morgan fingerprint density at radius 1 is 1.14 bits per heavy atom. The summed E-state index contributed by atoms with van der Waals surface area (Å²) in [7, 11) is 0. The number of hydrogen-bond acceptors (Lipinski definition) is 4. The van der Waals surface area contributed by atoms with Crippen LogP contribution in [0.5, 0.6) is 0 Å². The molecule has 156 valence electrons. The van der Waals surface area contributed by atoms with Crippen LogP contribution >= 0.6 is 23.4 Å². The highest BCUT2D eigenvalue weighted by atomic mass is 35.5. The third kappa shape index (κ3) is 4.64. The van der Waals surface area contributed by atoms with Crippen molar-refractivity contribution in [3.05, 3.63) is 29.3 Å². The molecule has 1 aromatic heterocycles. The van der Waals surface area contributed by atoms with Gasteiger partial charge in [-0.2, -0.15) is 0 Å². The third-order valence-electron chi connectivity index (χ3n) is 6.02. The van der Waals surface area contributed by atoms with E-state index in [0.29, 0.717) is 28.7 Å². The van der Waals surface area contributed by atoms with Crippen LogP contribution in [0.4, 0.5) is 0 Å². The van der Waals surface area contributed by atoms with Crippen molar-refractivity contribution < 1.29 is 4.79 Å². The lowest BCUT2D eigenvalue weighted by Gasteiger charge is -2.35. The van der Waals surface area contributed by atoms with Gasteiger partial charge in [0.2, 0.25) is 5.91 Å². The number of halogens is 1. The fraction of sp³-hybridized carbons (Fsp3) is 0.591. The number of amides is 1. The van der Waals surface area contributed by atoms with Crippen LogP contribution in [0, 0.1) is 11.8 Å². The smallest absolute Gasteiger partial charge is 0.233 e. The molecule has 0 bridgehead atoms. The molecule has 1 saturated heterocycles. The molecule has 2 aliphatic rings. The van der Waals surface area contributed by atoms with Gasteiger partial charge < -0.3 is 4.90 Å². The van der Waals surface area contributed by atoms with E-state index in [9.17, 15) is 4.79 Å². The molecule has 7 heteroatoms. The maximum atomic E-state index is 12.9. The molecular weight excluding hydrogens is 404 g/mol. The topological polar surface area (TPSA) is 51.0 Å². The molecule has 1 aliphatic carbocycles. The van der Waals surface area contributed by atoms with Gasteiger partial charge in [0.25, 0.3) is 0 Å². The molecule has 1 saturated carbocycles. The Labute approximate surface area is 182 Å². The number of piperidine rings is 1. The Kier molecular flexibility index (Phi) is 6.50. The highest BCUT2D eigenvalue weighted by Gasteiger charge is 2.28. The van der Waals surface area contributed by atoms with Crippen LogP contribution in [0.15, 0.2) is 29.4 Å². The van der Waals surface area contributed by atoms with Crippen molar-refractivity contribution in [2.24, 2.45) is 11.8 Å². The zero-order valence-corrected chi connectivity index (χ0v) is 18.8. The number of likely N-dealkylation sites (tertiary alicyclic amines) is 1. The monoisotopic (exact) mass is 432 g/mol. The summed E-state index contributed by atoms with van der Waals surface area (Å²) in [5, 5.41) is 10.5. The second kappa shape index (κ2) is 9.09. The number of carbonyl (C=O) groups excluding carboxylic acids is 1. The van der Waals surface area contributed by atoms with E-state index < -0.39 is 0 Å². The standard InChI is InChI=1S/C22H29ClN4OS/c1-15-11-16(2)13-26(12-15)20(28)14-29-22-25-24-21(18-9-5-6-10-19(18)23)27(22)17-7-3-4-8-17/h5-6,9-10,15-17H,3-4,7-8,11-14H2,1-2H3/t15-,16+. The second-order valence-corrected chi connectivity index (χ2v) is 9.98. The lowest BCUT2D eigenvalue weighted by Crippen LogP contribution is -2.43. The van der Waals surface area contributed by atoms with E-state index >= 15 is 0 Å². The third-order valence-corrected chi connectivity index (χ3v) is 7.27. The molecule has 0 N–H and O–H groups in total. The zero-order valence-electron chi connectivity index (χ0n) is 17.2. The number of rotatable bonds is 5. The summed E-state index contributed by atoms with van der Waals surface area (Å²) in [6, 6.07) is 8.16. The molecule has 0 unspecified atom stereocenters. The molecule has 1 aliphatic heterocycles. The first-order chi connectivity index (χ1) is 14.0. The van der Waals surface area contributed by atoms with Gasteiger partial charge in [-0.3, -0.25) is 9.36 Å². The molecule has 2 aromatic rings.